The number of rotatable bonds is 10. The zero-order chi connectivity index (χ0) is 32.5. The van der Waals surface area contributed by atoms with Gasteiger partial charge in [0.25, 0.3) is 0 Å². The van der Waals surface area contributed by atoms with Gasteiger partial charge < -0.3 is 13.6 Å². The first-order valence-electron chi connectivity index (χ1n) is 15.9. The molecule has 1 heterocycles. The third-order valence-electron chi connectivity index (χ3n) is 11.3. The number of hydrogen-bond acceptors (Lipinski definition) is 6. The Balaban J connectivity index is 1.97. The number of methoxy groups -OCH3 is 1. The molecular formula is C33H55NO6SSi2. The van der Waals surface area contributed by atoms with Gasteiger partial charge in [0, 0.05) is 18.2 Å². The van der Waals surface area contributed by atoms with Crippen molar-refractivity contribution in [2.75, 3.05) is 20.0 Å². The monoisotopic (exact) mass is 649 g/mol. The fourth-order valence-corrected chi connectivity index (χ4v) is 16.1. The van der Waals surface area contributed by atoms with Gasteiger partial charge >= 0.3 is 5.97 Å². The van der Waals surface area contributed by atoms with Gasteiger partial charge in [-0.25, -0.2) is 12.4 Å². The van der Waals surface area contributed by atoms with E-state index in [1.807, 2.05) is 12.1 Å². The van der Waals surface area contributed by atoms with E-state index < -0.39 is 38.2 Å². The molecule has 4 rings (SSSR count). The molecule has 1 fully saturated rings. The van der Waals surface area contributed by atoms with Crippen LogP contribution in [0.4, 0.5) is 0 Å². The van der Waals surface area contributed by atoms with Crippen LogP contribution in [-0.2, 0) is 40.4 Å². The Hall–Kier alpha value is -1.47. The molecule has 1 aromatic carbocycles. The van der Waals surface area contributed by atoms with Crippen molar-refractivity contribution in [1.29, 1.82) is 0 Å². The molecule has 0 radical (unpaired) electrons. The summed E-state index contributed by atoms with van der Waals surface area (Å²) in [4.78, 5) is 13.6. The lowest BCUT2D eigenvalue weighted by Gasteiger charge is -2.63. The van der Waals surface area contributed by atoms with Crippen LogP contribution < -0.4 is 0 Å². The van der Waals surface area contributed by atoms with E-state index in [2.05, 4.69) is 81.5 Å². The lowest BCUT2D eigenvalue weighted by atomic mass is 9.49. The van der Waals surface area contributed by atoms with Crippen molar-refractivity contribution in [3.05, 3.63) is 35.5 Å². The predicted octanol–water partition coefficient (Wildman–Crippen LogP) is 7.84. The standard InChI is InChI=1S/C33H55NO6SSi2/c1-21(2)43(22(3)4,23(5)6)39-20-25-18-24-14-15-29-26(16-17-34(29)41(11,36)37)30(24)33(40-42(12,13)32(7,8)9)27(25)19-28(33)31(35)38-10/h14-17,21-23,25,27-28H,18-20H2,1-13H3/t25-,27-,28+,33-/m1/s1. The van der Waals surface area contributed by atoms with Gasteiger partial charge in [0.1, 0.15) is 0 Å². The van der Waals surface area contributed by atoms with Crippen LogP contribution in [0.25, 0.3) is 10.9 Å². The molecule has 242 valence electrons. The molecule has 4 atom stereocenters. The summed E-state index contributed by atoms with van der Waals surface area (Å²) in [5, 5.41) is 0.739. The molecule has 2 aromatic rings. The van der Waals surface area contributed by atoms with Crippen molar-refractivity contribution < 1.29 is 26.8 Å². The minimum atomic E-state index is -3.52. The van der Waals surface area contributed by atoms with Gasteiger partial charge in [0.05, 0.1) is 30.4 Å². The molecule has 0 aliphatic heterocycles. The number of hydrogen-bond donors (Lipinski definition) is 0. The number of benzene rings is 1. The lowest BCUT2D eigenvalue weighted by molar-refractivity contribution is -0.202. The molecule has 43 heavy (non-hydrogen) atoms. The molecule has 0 amide bonds. The van der Waals surface area contributed by atoms with Crippen LogP contribution in [0.1, 0.15) is 79.9 Å². The average Bonchev–Trinajstić information content (AvgIpc) is 3.30. The van der Waals surface area contributed by atoms with Crippen molar-refractivity contribution in [2.24, 2.45) is 17.8 Å². The van der Waals surface area contributed by atoms with Gasteiger partial charge in [-0.2, -0.15) is 0 Å². The zero-order valence-corrected chi connectivity index (χ0v) is 31.5. The van der Waals surface area contributed by atoms with E-state index in [-0.39, 0.29) is 22.8 Å². The third kappa shape index (κ3) is 5.40. The van der Waals surface area contributed by atoms with Crippen LogP contribution in [0.2, 0.25) is 34.8 Å². The number of nitrogens with zero attached hydrogens (tertiary/aromatic N) is 1. The summed E-state index contributed by atoms with van der Waals surface area (Å²) >= 11 is 0. The van der Waals surface area contributed by atoms with Crippen molar-refractivity contribution in [2.45, 2.75) is 116 Å². The fourth-order valence-electron chi connectivity index (χ4n) is 8.30. The van der Waals surface area contributed by atoms with Crippen molar-refractivity contribution in [1.82, 2.24) is 3.97 Å². The predicted molar refractivity (Wildman–Crippen MR) is 180 cm³/mol. The van der Waals surface area contributed by atoms with Crippen molar-refractivity contribution in [3.8, 4) is 0 Å². The molecule has 1 saturated carbocycles. The largest absolute Gasteiger partial charge is 0.469 e. The van der Waals surface area contributed by atoms with E-state index >= 15 is 0 Å². The maximum Gasteiger partial charge on any atom is 0.311 e. The highest BCUT2D eigenvalue weighted by atomic mass is 32.2. The summed E-state index contributed by atoms with van der Waals surface area (Å²) in [6.07, 6.45) is 4.32. The highest BCUT2D eigenvalue weighted by Crippen LogP contribution is 2.65. The first kappa shape index (κ1) is 34.4. The fraction of sp³-hybridized carbons (Fsp3) is 0.727. The van der Waals surface area contributed by atoms with Crippen LogP contribution in [0.5, 0.6) is 0 Å². The molecular weight excluding hydrogens is 595 g/mol. The summed E-state index contributed by atoms with van der Waals surface area (Å²) < 4.78 is 47.0. The van der Waals surface area contributed by atoms with Gasteiger partial charge in [-0.3, -0.25) is 4.79 Å². The van der Waals surface area contributed by atoms with Gasteiger partial charge in [0.15, 0.2) is 16.6 Å². The molecule has 1 aromatic heterocycles. The second-order valence-corrected chi connectivity index (χ2v) is 27.6. The first-order valence-corrected chi connectivity index (χ1v) is 22.8. The molecule has 7 nitrogen and oxygen atoms in total. The van der Waals surface area contributed by atoms with Gasteiger partial charge in [-0.1, -0.05) is 68.4 Å². The van der Waals surface area contributed by atoms with Crippen LogP contribution in [0.3, 0.4) is 0 Å². The summed E-state index contributed by atoms with van der Waals surface area (Å²) in [5.41, 5.74) is 3.19. The lowest BCUT2D eigenvalue weighted by Crippen LogP contribution is -2.67. The minimum absolute atomic E-state index is 0.0450. The Morgan fingerprint density at radius 2 is 1.63 bits per heavy atom. The van der Waals surface area contributed by atoms with Crippen LogP contribution in [-0.4, -0.2) is 55.0 Å². The normalized spacial score (nSPS) is 24.8. The Labute approximate surface area is 262 Å². The molecule has 0 spiro atoms. The van der Waals surface area contributed by atoms with E-state index in [0.29, 0.717) is 35.2 Å². The van der Waals surface area contributed by atoms with E-state index in [9.17, 15) is 13.2 Å². The Morgan fingerprint density at radius 1 is 1.05 bits per heavy atom. The minimum Gasteiger partial charge on any atom is -0.469 e. The summed E-state index contributed by atoms with van der Waals surface area (Å²) in [7, 11) is -6.65. The highest BCUT2D eigenvalue weighted by molar-refractivity contribution is 7.89. The molecule has 0 N–H and O–H groups in total. The maximum atomic E-state index is 13.6. The Bertz CT molecular complexity index is 1450. The highest BCUT2D eigenvalue weighted by Gasteiger charge is 2.68. The van der Waals surface area contributed by atoms with E-state index in [1.165, 1.54) is 17.3 Å². The second kappa shape index (κ2) is 11.4. The topological polar surface area (TPSA) is 83.8 Å². The number of aromatic nitrogens is 1. The molecule has 0 bridgehead atoms. The van der Waals surface area contributed by atoms with Crippen LogP contribution in [0.15, 0.2) is 24.4 Å². The van der Waals surface area contributed by atoms with Crippen molar-refractivity contribution in [3.63, 3.8) is 0 Å². The zero-order valence-electron chi connectivity index (χ0n) is 28.7. The van der Waals surface area contributed by atoms with Gasteiger partial charge in [-0.15, -0.1) is 0 Å². The number of carbonyl (C=O) groups excluding carboxylic acids is 1. The smallest absolute Gasteiger partial charge is 0.311 e. The molecule has 0 unspecified atom stereocenters. The summed E-state index contributed by atoms with van der Waals surface area (Å²) in [5.74, 6) is -0.538. The quantitative estimate of drug-likeness (QED) is 0.193. The summed E-state index contributed by atoms with van der Waals surface area (Å²) in [6.45, 7) is 25.6. The van der Waals surface area contributed by atoms with Crippen molar-refractivity contribution >= 4 is 43.5 Å². The number of carbonyl (C=O) groups is 1. The summed E-state index contributed by atoms with van der Waals surface area (Å²) in [6, 6.07) is 5.86. The average molecular weight is 650 g/mol. The van der Waals surface area contributed by atoms with E-state index in [4.69, 9.17) is 13.6 Å². The number of ether oxygens (including phenoxy) is 1. The molecule has 10 heteroatoms. The van der Waals surface area contributed by atoms with Gasteiger partial charge in [-0.05, 0) is 82.7 Å². The Morgan fingerprint density at radius 3 is 2.12 bits per heavy atom. The third-order valence-corrected chi connectivity index (χ3v) is 22.8. The molecule has 2 aliphatic carbocycles. The first-order chi connectivity index (χ1) is 19.7. The Kier molecular flexibility index (Phi) is 9.13. The van der Waals surface area contributed by atoms with E-state index in [0.717, 1.165) is 22.9 Å². The molecule has 2 aliphatic rings. The van der Waals surface area contributed by atoms with Gasteiger partial charge in [0.2, 0.25) is 10.0 Å². The van der Waals surface area contributed by atoms with E-state index in [1.54, 1.807) is 6.20 Å². The van der Waals surface area contributed by atoms with Crippen LogP contribution in [0, 0.1) is 17.8 Å². The maximum absolute atomic E-state index is 13.6. The SMILES string of the molecule is COC(=O)[C@@H]1C[C@@H]2[C@@H](CO[Si](C(C)C)(C(C)C)C(C)C)Cc3ccc4c(ccn4S(C)(=O)=O)c3[C@@]21O[Si](C)(C)C(C)(C)C. The molecule has 0 saturated heterocycles. The second-order valence-electron chi connectivity index (χ2n) is 15.6. The number of fused-ring (bicyclic) bond motifs is 5. The number of esters is 1. The van der Waals surface area contributed by atoms with Crippen LogP contribution >= 0.6 is 0 Å².